The van der Waals surface area contributed by atoms with E-state index in [1.54, 1.807) is 24.1 Å². The number of rotatable bonds is 4. The number of ether oxygens (including phenoxy) is 2. The molecule has 2 aromatic carbocycles. The molecule has 3 rings (SSSR count). The molecule has 0 radical (unpaired) electrons. The topological polar surface area (TPSA) is 50.8 Å². The minimum atomic E-state index is -0.138. The number of carbonyl (C=O) groups is 1. The van der Waals surface area contributed by atoms with Crippen LogP contribution in [-0.4, -0.2) is 26.5 Å². The molecule has 5 nitrogen and oxygen atoms in total. The number of carbonyl (C=O) groups excluding carboxylic acids is 1. The monoisotopic (exact) mass is 338 g/mol. The molecule has 130 valence electrons. The number of urea groups is 1. The van der Waals surface area contributed by atoms with Gasteiger partial charge in [0.05, 0.1) is 5.69 Å². The van der Waals surface area contributed by atoms with E-state index in [0.717, 1.165) is 23.4 Å². The Kier molecular flexibility index (Phi) is 5.36. The van der Waals surface area contributed by atoms with Crippen LogP contribution in [0.1, 0.15) is 18.9 Å². The summed E-state index contributed by atoms with van der Waals surface area (Å²) in [5.41, 5.74) is 3.96. The van der Waals surface area contributed by atoms with Crippen molar-refractivity contribution in [2.75, 3.05) is 30.7 Å². The van der Waals surface area contributed by atoms with Crippen LogP contribution in [0.4, 0.5) is 16.2 Å². The maximum Gasteiger partial charge on any atom is 0.326 e. The van der Waals surface area contributed by atoms with Crippen molar-refractivity contribution in [3.05, 3.63) is 60.2 Å². The van der Waals surface area contributed by atoms with E-state index in [-0.39, 0.29) is 12.8 Å². The second-order valence-corrected chi connectivity index (χ2v) is 5.85. The quantitative estimate of drug-likeness (QED) is 0.834. The van der Waals surface area contributed by atoms with Crippen molar-refractivity contribution < 1.29 is 14.3 Å². The molecular weight excluding hydrogens is 316 g/mol. The average Bonchev–Trinajstić information content (AvgIpc) is 2.80. The van der Waals surface area contributed by atoms with Crippen LogP contribution in [0.25, 0.3) is 5.57 Å². The van der Waals surface area contributed by atoms with Gasteiger partial charge in [0, 0.05) is 24.9 Å². The van der Waals surface area contributed by atoms with Gasteiger partial charge in [-0.25, -0.2) is 4.79 Å². The summed E-state index contributed by atoms with van der Waals surface area (Å²) in [6.07, 6.45) is 3.01. The molecule has 0 fully saturated rings. The number of anilines is 2. The van der Waals surface area contributed by atoms with Crippen LogP contribution in [-0.2, 0) is 4.74 Å². The van der Waals surface area contributed by atoms with Gasteiger partial charge in [0.2, 0.25) is 0 Å². The lowest BCUT2D eigenvalue weighted by molar-refractivity contribution is 0.0511. The zero-order valence-corrected chi connectivity index (χ0v) is 14.5. The van der Waals surface area contributed by atoms with Gasteiger partial charge in [0.25, 0.3) is 0 Å². The van der Waals surface area contributed by atoms with Crippen LogP contribution in [0.3, 0.4) is 0 Å². The number of para-hydroxylation sites is 1. The third kappa shape index (κ3) is 4.00. The van der Waals surface area contributed by atoms with Gasteiger partial charge in [-0.1, -0.05) is 24.3 Å². The number of benzene rings is 2. The maximum atomic E-state index is 12.8. The molecule has 0 saturated heterocycles. The van der Waals surface area contributed by atoms with Crippen molar-refractivity contribution >= 4 is 23.0 Å². The molecule has 2 aromatic rings. The summed E-state index contributed by atoms with van der Waals surface area (Å²) in [5.74, 6) is 0.694. The zero-order valence-electron chi connectivity index (χ0n) is 14.5. The van der Waals surface area contributed by atoms with E-state index in [1.165, 1.54) is 5.57 Å². The second-order valence-electron chi connectivity index (χ2n) is 5.85. The average molecular weight is 338 g/mol. The van der Waals surface area contributed by atoms with Crippen LogP contribution in [0, 0.1) is 0 Å². The molecule has 0 saturated carbocycles. The highest BCUT2D eigenvalue weighted by Crippen LogP contribution is 2.30. The van der Waals surface area contributed by atoms with E-state index in [4.69, 9.17) is 9.47 Å². The molecule has 1 aliphatic rings. The first-order valence-electron chi connectivity index (χ1n) is 8.25. The standard InChI is InChI=1S/C20H22N2O3/c1-15-6-5-13-22(19-8-4-3-7-18(15)19)20(23)21-16-9-11-17(12-10-16)25-14-24-2/h3-4,6-12H,5,13-14H2,1-2H3,(H,21,23). The molecule has 25 heavy (non-hydrogen) atoms. The Morgan fingerprint density at radius 1 is 1.16 bits per heavy atom. The van der Waals surface area contributed by atoms with E-state index in [2.05, 4.69) is 24.4 Å². The third-order valence-electron chi connectivity index (χ3n) is 4.12. The fourth-order valence-corrected chi connectivity index (χ4v) is 2.85. The van der Waals surface area contributed by atoms with Crippen molar-refractivity contribution in [2.45, 2.75) is 13.3 Å². The van der Waals surface area contributed by atoms with Gasteiger partial charge < -0.3 is 14.8 Å². The van der Waals surface area contributed by atoms with Gasteiger partial charge in [0.1, 0.15) is 5.75 Å². The van der Waals surface area contributed by atoms with Gasteiger partial charge in [-0.15, -0.1) is 0 Å². The Morgan fingerprint density at radius 3 is 2.68 bits per heavy atom. The highest BCUT2D eigenvalue weighted by Gasteiger charge is 2.20. The van der Waals surface area contributed by atoms with Gasteiger partial charge in [-0.2, -0.15) is 0 Å². The lowest BCUT2D eigenvalue weighted by Crippen LogP contribution is -2.35. The second kappa shape index (κ2) is 7.85. The van der Waals surface area contributed by atoms with Crippen LogP contribution in [0.2, 0.25) is 0 Å². The molecule has 1 N–H and O–H groups in total. The number of methoxy groups -OCH3 is 1. The smallest absolute Gasteiger partial charge is 0.326 e. The molecular formula is C20H22N2O3. The van der Waals surface area contributed by atoms with Gasteiger partial charge in [-0.05, 0) is 49.2 Å². The highest BCUT2D eigenvalue weighted by molar-refractivity contribution is 6.03. The van der Waals surface area contributed by atoms with Crippen LogP contribution < -0.4 is 15.0 Å². The molecule has 0 aromatic heterocycles. The van der Waals surface area contributed by atoms with Gasteiger partial charge in [0.15, 0.2) is 6.79 Å². The molecule has 0 unspecified atom stereocenters. The van der Waals surface area contributed by atoms with Crippen molar-refractivity contribution in [1.29, 1.82) is 0 Å². The van der Waals surface area contributed by atoms with Crippen LogP contribution in [0.15, 0.2) is 54.6 Å². The van der Waals surface area contributed by atoms with Crippen LogP contribution in [0.5, 0.6) is 5.75 Å². The SMILES string of the molecule is COCOc1ccc(NC(=O)N2CCC=C(C)c3ccccc32)cc1. The first-order valence-corrected chi connectivity index (χ1v) is 8.25. The number of hydrogen-bond acceptors (Lipinski definition) is 3. The molecule has 1 aliphatic heterocycles. The first kappa shape index (κ1) is 17.0. The Balaban J connectivity index is 1.74. The Morgan fingerprint density at radius 2 is 1.92 bits per heavy atom. The molecule has 0 atom stereocenters. The first-order chi connectivity index (χ1) is 12.2. The number of hydrogen-bond donors (Lipinski definition) is 1. The largest absolute Gasteiger partial charge is 0.468 e. The maximum absolute atomic E-state index is 12.8. The molecule has 0 aliphatic carbocycles. The summed E-state index contributed by atoms with van der Waals surface area (Å²) in [4.78, 5) is 14.6. The molecule has 0 spiro atoms. The van der Waals surface area contributed by atoms with E-state index in [0.29, 0.717) is 12.3 Å². The Bertz CT molecular complexity index is 769. The minimum absolute atomic E-state index is 0.138. The summed E-state index contributed by atoms with van der Waals surface area (Å²) >= 11 is 0. The van der Waals surface area contributed by atoms with E-state index in [1.807, 2.05) is 30.3 Å². The zero-order chi connectivity index (χ0) is 17.6. The summed E-state index contributed by atoms with van der Waals surface area (Å²) in [6, 6.07) is 15.1. The molecule has 0 bridgehead atoms. The van der Waals surface area contributed by atoms with Gasteiger partial charge >= 0.3 is 6.03 Å². The fourth-order valence-electron chi connectivity index (χ4n) is 2.85. The number of nitrogens with zero attached hydrogens (tertiary/aromatic N) is 1. The number of fused-ring (bicyclic) bond motifs is 1. The predicted octanol–water partition coefficient (Wildman–Crippen LogP) is 4.51. The van der Waals surface area contributed by atoms with Crippen LogP contribution >= 0.6 is 0 Å². The molecule has 1 heterocycles. The number of amides is 2. The number of allylic oxidation sites excluding steroid dienone is 1. The predicted molar refractivity (Wildman–Crippen MR) is 100 cm³/mol. The van der Waals surface area contributed by atoms with Gasteiger partial charge in [-0.3, -0.25) is 4.90 Å². The normalized spacial score (nSPS) is 13.5. The van der Waals surface area contributed by atoms with E-state index < -0.39 is 0 Å². The van der Waals surface area contributed by atoms with E-state index in [9.17, 15) is 4.79 Å². The van der Waals surface area contributed by atoms with Crippen molar-refractivity contribution in [1.82, 2.24) is 0 Å². The lowest BCUT2D eigenvalue weighted by Gasteiger charge is -2.23. The third-order valence-corrected chi connectivity index (χ3v) is 4.12. The summed E-state index contributed by atoms with van der Waals surface area (Å²) in [7, 11) is 1.57. The summed E-state index contributed by atoms with van der Waals surface area (Å²) < 4.78 is 10.2. The summed E-state index contributed by atoms with van der Waals surface area (Å²) in [6.45, 7) is 2.93. The van der Waals surface area contributed by atoms with E-state index >= 15 is 0 Å². The molecule has 5 heteroatoms. The fraction of sp³-hybridized carbons (Fsp3) is 0.250. The van der Waals surface area contributed by atoms with Crippen molar-refractivity contribution in [3.63, 3.8) is 0 Å². The number of nitrogens with one attached hydrogen (secondary N) is 1. The summed E-state index contributed by atoms with van der Waals surface area (Å²) in [5, 5.41) is 2.96. The Hall–Kier alpha value is -2.79. The Labute approximate surface area is 147 Å². The lowest BCUT2D eigenvalue weighted by atomic mass is 10.1. The van der Waals surface area contributed by atoms with Crippen molar-refractivity contribution in [3.8, 4) is 5.75 Å². The minimum Gasteiger partial charge on any atom is -0.468 e. The van der Waals surface area contributed by atoms with Crippen molar-refractivity contribution in [2.24, 2.45) is 0 Å². The highest BCUT2D eigenvalue weighted by atomic mass is 16.7. The molecule has 2 amide bonds.